The Morgan fingerprint density at radius 2 is 1.88 bits per heavy atom. The third-order valence-corrected chi connectivity index (χ3v) is 5.21. The molecule has 1 heterocycles. The van der Waals surface area contributed by atoms with Crippen LogP contribution in [0.2, 0.25) is 0 Å². The summed E-state index contributed by atoms with van der Waals surface area (Å²) in [6.07, 6.45) is 1.90. The van der Waals surface area contributed by atoms with Gasteiger partial charge in [0.1, 0.15) is 5.60 Å². The van der Waals surface area contributed by atoms with Gasteiger partial charge in [-0.25, -0.2) is 4.79 Å². The lowest BCUT2D eigenvalue weighted by Gasteiger charge is -2.52. The summed E-state index contributed by atoms with van der Waals surface area (Å²) in [6, 6.07) is 8.46. The molecule has 0 spiro atoms. The molecule has 4 nitrogen and oxygen atoms in total. The summed E-state index contributed by atoms with van der Waals surface area (Å²) in [5.41, 5.74) is 1.12. The molecule has 0 saturated carbocycles. The Hall–Kier alpha value is -1.23. The fourth-order valence-electron chi connectivity index (χ4n) is 2.99. The molecule has 5 heteroatoms. The third kappa shape index (κ3) is 4.88. The Labute approximate surface area is 154 Å². The molecule has 1 amide bonds. The van der Waals surface area contributed by atoms with Gasteiger partial charge in [0.05, 0.1) is 0 Å². The fourth-order valence-corrected chi connectivity index (χ4v) is 3.26. The van der Waals surface area contributed by atoms with E-state index in [1.165, 1.54) is 5.69 Å². The second-order valence-corrected chi connectivity index (χ2v) is 8.75. The Kier molecular flexibility index (Phi) is 5.84. The molecule has 2 rings (SSSR count). The van der Waals surface area contributed by atoms with Crippen molar-refractivity contribution in [3.63, 3.8) is 0 Å². The van der Waals surface area contributed by atoms with Crippen LogP contribution in [0.15, 0.2) is 28.7 Å². The number of nitrogens with zero attached hydrogens (tertiary/aromatic N) is 2. The van der Waals surface area contributed by atoms with Crippen molar-refractivity contribution in [3.8, 4) is 0 Å². The van der Waals surface area contributed by atoms with Crippen molar-refractivity contribution in [1.29, 1.82) is 0 Å². The van der Waals surface area contributed by atoms with Crippen LogP contribution in [-0.2, 0) is 4.74 Å². The van der Waals surface area contributed by atoms with Crippen molar-refractivity contribution in [2.45, 2.75) is 46.1 Å². The first-order valence-electron chi connectivity index (χ1n) is 8.59. The number of halogens is 1. The minimum absolute atomic E-state index is 0.238. The van der Waals surface area contributed by atoms with E-state index in [-0.39, 0.29) is 6.09 Å². The molecule has 1 aliphatic rings. The maximum absolute atomic E-state index is 12.1. The number of carbonyl (C=O) groups is 1. The Bertz CT molecular complexity index is 560. The maximum atomic E-state index is 12.1. The predicted octanol–water partition coefficient (Wildman–Crippen LogP) is 4.92. The summed E-state index contributed by atoms with van der Waals surface area (Å²) in [5.74, 6) is 0. The molecule has 24 heavy (non-hydrogen) atoms. The minimum atomic E-state index is -0.442. The van der Waals surface area contributed by atoms with Gasteiger partial charge in [0, 0.05) is 42.3 Å². The SMILES string of the molecule is CCC1(CCN(C)C(=O)OC(C)(C)C)CN(c2ccc(Br)cc2)C1. The van der Waals surface area contributed by atoms with Crippen molar-refractivity contribution >= 4 is 27.7 Å². The molecular weight excluding hydrogens is 368 g/mol. The van der Waals surface area contributed by atoms with Gasteiger partial charge in [-0.15, -0.1) is 0 Å². The van der Waals surface area contributed by atoms with E-state index in [0.717, 1.165) is 36.9 Å². The highest BCUT2D eigenvalue weighted by atomic mass is 79.9. The van der Waals surface area contributed by atoms with E-state index in [1.54, 1.807) is 4.90 Å². The topological polar surface area (TPSA) is 32.8 Å². The molecule has 1 aromatic carbocycles. The summed E-state index contributed by atoms with van der Waals surface area (Å²) >= 11 is 3.48. The standard InChI is InChI=1S/C19H29BrN2O2/c1-6-19(11-12-21(5)17(23)24-18(2,3)4)13-22(14-19)16-9-7-15(20)8-10-16/h7-10H,6,11-14H2,1-5H3. The van der Waals surface area contributed by atoms with E-state index in [9.17, 15) is 4.79 Å². The van der Waals surface area contributed by atoms with E-state index < -0.39 is 5.60 Å². The summed E-state index contributed by atoms with van der Waals surface area (Å²) in [6.45, 7) is 10.8. The van der Waals surface area contributed by atoms with Crippen LogP contribution >= 0.6 is 15.9 Å². The van der Waals surface area contributed by atoms with Crippen LogP contribution < -0.4 is 4.90 Å². The van der Waals surface area contributed by atoms with Crippen LogP contribution in [0, 0.1) is 5.41 Å². The Morgan fingerprint density at radius 1 is 1.29 bits per heavy atom. The zero-order chi connectivity index (χ0) is 18.0. The number of hydrogen-bond donors (Lipinski definition) is 0. The van der Waals surface area contributed by atoms with Crippen molar-refractivity contribution in [3.05, 3.63) is 28.7 Å². The molecule has 0 unspecified atom stereocenters. The summed E-state index contributed by atoms with van der Waals surface area (Å²) in [7, 11) is 1.82. The molecule has 1 aliphatic heterocycles. The lowest BCUT2D eigenvalue weighted by atomic mass is 9.74. The van der Waals surface area contributed by atoms with Gasteiger partial charge in [0.25, 0.3) is 0 Å². The number of carbonyl (C=O) groups excluding carboxylic acids is 1. The average Bonchev–Trinajstić information content (AvgIpc) is 2.46. The second-order valence-electron chi connectivity index (χ2n) is 7.84. The van der Waals surface area contributed by atoms with E-state index >= 15 is 0 Å². The molecule has 0 aliphatic carbocycles. The highest BCUT2D eigenvalue weighted by Crippen LogP contribution is 2.40. The van der Waals surface area contributed by atoms with Crippen LogP contribution in [0.3, 0.4) is 0 Å². The number of rotatable bonds is 5. The van der Waals surface area contributed by atoms with Gasteiger partial charge in [0.15, 0.2) is 0 Å². The third-order valence-electron chi connectivity index (χ3n) is 4.68. The van der Waals surface area contributed by atoms with Gasteiger partial charge in [-0.05, 0) is 57.9 Å². The Morgan fingerprint density at radius 3 is 2.38 bits per heavy atom. The first-order chi connectivity index (χ1) is 11.1. The number of amides is 1. The summed E-state index contributed by atoms with van der Waals surface area (Å²) in [5, 5.41) is 0. The van der Waals surface area contributed by atoms with Crippen molar-refractivity contribution in [2.24, 2.45) is 5.41 Å². The van der Waals surface area contributed by atoms with E-state index in [1.807, 2.05) is 27.8 Å². The highest BCUT2D eigenvalue weighted by molar-refractivity contribution is 9.10. The first-order valence-corrected chi connectivity index (χ1v) is 9.38. The molecule has 0 N–H and O–H groups in total. The maximum Gasteiger partial charge on any atom is 0.410 e. The summed E-state index contributed by atoms with van der Waals surface area (Å²) in [4.78, 5) is 16.2. The molecular formula is C19H29BrN2O2. The van der Waals surface area contributed by atoms with Crippen molar-refractivity contribution in [1.82, 2.24) is 4.90 Å². The molecule has 1 aromatic rings. The van der Waals surface area contributed by atoms with Crippen LogP contribution in [0.5, 0.6) is 0 Å². The summed E-state index contributed by atoms with van der Waals surface area (Å²) < 4.78 is 6.53. The first kappa shape index (κ1) is 19.1. The fraction of sp³-hybridized carbons (Fsp3) is 0.632. The molecule has 0 aromatic heterocycles. The largest absolute Gasteiger partial charge is 0.444 e. The molecule has 134 valence electrons. The minimum Gasteiger partial charge on any atom is -0.444 e. The molecule has 1 fully saturated rings. The van der Waals surface area contributed by atoms with E-state index in [2.05, 4.69) is 52.0 Å². The van der Waals surface area contributed by atoms with Gasteiger partial charge < -0.3 is 14.5 Å². The number of hydrogen-bond acceptors (Lipinski definition) is 3. The molecule has 0 radical (unpaired) electrons. The van der Waals surface area contributed by atoms with Crippen LogP contribution in [-0.4, -0.2) is 43.3 Å². The van der Waals surface area contributed by atoms with Gasteiger partial charge in [-0.3, -0.25) is 0 Å². The van der Waals surface area contributed by atoms with Gasteiger partial charge in [-0.2, -0.15) is 0 Å². The van der Waals surface area contributed by atoms with Gasteiger partial charge in [0.2, 0.25) is 0 Å². The van der Waals surface area contributed by atoms with Crippen LogP contribution in [0.25, 0.3) is 0 Å². The van der Waals surface area contributed by atoms with Crippen LogP contribution in [0.4, 0.5) is 10.5 Å². The smallest absolute Gasteiger partial charge is 0.410 e. The Balaban J connectivity index is 1.85. The normalized spacial score (nSPS) is 16.5. The number of ether oxygens (including phenoxy) is 1. The van der Waals surface area contributed by atoms with E-state index in [0.29, 0.717) is 5.41 Å². The molecule has 0 atom stereocenters. The monoisotopic (exact) mass is 396 g/mol. The lowest BCUT2D eigenvalue weighted by Crippen LogP contribution is -2.57. The lowest BCUT2D eigenvalue weighted by molar-refractivity contribution is 0.0265. The van der Waals surface area contributed by atoms with E-state index in [4.69, 9.17) is 4.74 Å². The average molecular weight is 397 g/mol. The number of anilines is 1. The zero-order valence-electron chi connectivity index (χ0n) is 15.4. The van der Waals surface area contributed by atoms with Crippen molar-refractivity contribution < 1.29 is 9.53 Å². The van der Waals surface area contributed by atoms with Crippen molar-refractivity contribution in [2.75, 3.05) is 31.6 Å². The second kappa shape index (κ2) is 7.34. The predicted molar refractivity (Wildman–Crippen MR) is 103 cm³/mol. The quantitative estimate of drug-likeness (QED) is 0.707. The molecule has 0 bridgehead atoms. The highest BCUT2D eigenvalue weighted by Gasteiger charge is 2.41. The molecule has 1 saturated heterocycles. The number of benzene rings is 1. The van der Waals surface area contributed by atoms with Gasteiger partial charge in [-0.1, -0.05) is 22.9 Å². The van der Waals surface area contributed by atoms with Crippen LogP contribution in [0.1, 0.15) is 40.5 Å². The van der Waals surface area contributed by atoms with Gasteiger partial charge >= 0.3 is 6.09 Å². The zero-order valence-corrected chi connectivity index (χ0v) is 17.0.